The normalized spacial score (nSPS) is 10.8. The third-order valence-electron chi connectivity index (χ3n) is 3.69. The van der Waals surface area contributed by atoms with Crippen LogP contribution in [0.3, 0.4) is 0 Å². The Morgan fingerprint density at radius 3 is 2.96 bits per heavy atom. The van der Waals surface area contributed by atoms with Gasteiger partial charge in [-0.1, -0.05) is 0 Å². The van der Waals surface area contributed by atoms with Crippen LogP contribution in [0.25, 0.3) is 27.8 Å². The summed E-state index contributed by atoms with van der Waals surface area (Å²) in [6.45, 7) is 0. The molecule has 0 radical (unpaired) electrons. The molecule has 1 N–H and O–H groups in total. The summed E-state index contributed by atoms with van der Waals surface area (Å²) in [6, 6.07) is 10.1. The van der Waals surface area contributed by atoms with Crippen molar-refractivity contribution in [3.8, 4) is 22.9 Å². The molecule has 0 saturated carbocycles. The highest BCUT2D eigenvalue weighted by Crippen LogP contribution is 2.27. The molecule has 0 bridgehead atoms. The van der Waals surface area contributed by atoms with Crippen LogP contribution in [0.15, 0.2) is 55.1 Å². The molecule has 0 spiro atoms. The number of nitrogens with zero attached hydrogens (tertiary/aromatic N) is 4. The van der Waals surface area contributed by atoms with E-state index in [1.165, 1.54) is 12.1 Å². The smallest absolute Gasteiger partial charge is 0.143 e. The van der Waals surface area contributed by atoms with Crippen molar-refractivity contribution in [2.75, 3.05) is 0 Å². The molecule has 0 aliphatic heterocycles. The molecule has 4 rings (SSSR count). The summed E-state index contributed by atoms with van der Waals surface area (Å²) in [6.07, 6.45) is 7.11. The van der Waals surface area contributed by atoms with Crippen molar-refractivity contribution in [3.63, 3.8) is 0 Å². The fourth-order valence-electron chi connectivity index (χ4n) is 2.55. The Hall–Kier alpha value is -3.46. The summed E-state index contributed by atoms with van der Waals surface area (Å²) in [4.78, 5) is 7.33. The third-order valence-corrected chi connectivity index (χ3v) is 3.69. The average Bonchev–Trinajstić information content (AvgIpc) is 3.23. The summed E-state index contributed by atoms with van der Waals surface area (Å²) >= 11 is 0. The van der Waals surface area contributed by atoms with E-state index in [9.17, 15) is 4.39 Å². The fourth-order valence-corrected chi connectivity index (χ4v) is 2.55. The number of pyridine rings is 1. The first-order valence-electron chi connectivity index (χ1n) is 6.93. The van der Waals surface area contributed by atoms with Gasteiger partial charge in [0.2, 0.25) is 0 Å². The highest BCUT2D eigenvalue weighted by atomic mass is 19.1. The maximum Gasteiger partial charge on any atom is 0.143 e. The Labute approximate surface area is 130 Å². The molecule has 0 amide bonds. The molecule has 4 aromatic rings. The number of hydrogen-bond acceptors (Lipinski definition) is 3. The second-order valence-electron chi connectivity index (χ2n) is 5.05. The minimum Gasteiger partial charge on any atom is -0.346 e. The third kappa shape index (κ3) is 2.15. The van der Waals surface area contributed by atoms with E-state index in [4.69, 9.17) is 5.26 Å². The predicted molar refractivity (Wildman–Crippen MR) is 83.3 cm³/mol. The highest BCUT2D eigenvalue weighted by Gasteiger charge is 2.10. The largest absolute Gasteiger partial charge is 0.346 e. The van der Waals surface area contributed by atoms with E-state index in [0.717, 1.165) is 22.2 Å². The maximum absolute atomic E-state index is 13.8. The van der Waals surface area contributed by atoms with Crippen LogP contribution in [0.2, 0.25) is 0 Å². The second-order valence-corrected chi connectivity index (χ2v) is 5.05. The van der Waals surface area contributed by atoms with E-state index >= 15 is 0 Å². The lowest BCUT2D eigenvalue weighted by Crippen LogP contribution is -1.96. The van der Waals surface area contributed by atoms with Crippen LogP contribution in [0, 0.1) is 17.1 Å². The van der Waals surface area contributed by atoms with Gasteiger partial charge in [-0.2, -0.15) is 10.4 Å². The quantitative estimate of drug-likeness (QED) is 0.616. The number of aromatic amines is 1. The van der Waals surface area contributed by atoms with Gasteiger partial charge in [-0.15, -0.1) is 0 Å². The van der Waals surface area contributed by atoms with Crippen molar-refractivity contribution < 1.29 is 4.39 Å². The molecule has 0 atom stereocenters. The van der Waals surface area contributed by atoms with E-state index in [2.05, 4.69) is 15.1 Å². The molecule has 0 fully saturated rings. The van der Waals surface area contributed by atoms with Crippen LogP contribution in [0.5, 0.6) is 0 Å². The van der Waals surface area contributed by atoms with Gasteiger partial charge in [0.15, 0.2) is 0 Å². The zero-order valence-corrected chi connectivity index (χ0v) is 11.9. The molecular formula is C17H10FN5. The lowest BCUT2D eigenvalue weighted by molar-refractivity contribution is 0.621. The molecule has 23 heavy (non-hydrogen) atoms. The predicted octanol–water partition coefficient (Wildman–Crippen LogP) is 3.43. The number of nitrogens with one attached hydrogen (secondary N) is 1. The molecule has 0 aliphatic rings. The number of rotatable bonds is 2. The number of hydrogen-bond donors (Lipinski definition) is 1. The molecule has 0 aliphatic carbocycles. The van der Waals surface area contributed by atoms with Crippen LogP contribution < -0.4 is 0 Å². The summed E-state index contributed by atoms with van der Waals surface area (Å²) in [5.41, 5.74) is 3.29. The van der Waals surface area contributed by atoms with E-state index in [1.54, 1.807) is 23.1 Å². The Balaban J connectivity index is 1.79. The van der Waals surface area contributed by atoms with E-state index in [0.29, 0.717) is 5.69 Å². The van der Waals surface area contributed by atoms with Crippen LogP contribution >= 0.6 is 0 Å². The van der Waals surface area contributed by atoms with Gasteiger partial charge in [0.25, 0.3) is 0 Å². The first kappa shape index (κ1) is 13.2. The van der Waals surface area contributed by atoms with Crippen molar-refractivity contribution in [3.05, 3.63) is 66.5 Å². The molecule has 5 nitrogen and oxygen atoms in total. The van der Waals surface area contributed by atoms with Gasteiger partial charge >= 0.3 is 0 Å². The van der Waals surface area contributed by atoms with Crippen LogP contribution in [0.4, 0.5) is 4.39 Å². The highest BCUT2D eigenvalue weighted by molar-refractivity contribution is 5.92. The molecule has 0 unspecified atom stereocenters. The Bertz CT molecular complexity index is 1050. The standard InChI is InChI=1S/C17H10FN5/c18-16-7-13(2-1-11(16)8-19)23-10-12(9-22-23)14-3-5-20-17-15(14)4-6-21-17/h1-7,9-10H,(H,20,21). The van der Waals surface area contributed by atoms with E-state index in [-0.39, 0.29) is 5.56 Å². The molecular weight excluding hydrogens is 293 g/mol. The average molecular weight is 303 g/mol. The van der Waals surface area contributed by atoms with Gasteiger partial charge in [0, 0.05) is 35.6 Å². The molecule has 3 aromatic heterocycles. The zero-order chi connectivity index (χ0) is 15.8. The molecule has 1 aromatic carbocycles. The number of H-pyrrole nitrogens is 1. The maximum atomic E-state index is 13.8. The lowest BCUT2D eigenvalue weighted by Gasteiger charge is -2.02. The topological polar surface area (TPSA) is 70.3 Å². The summed E-state index contributed by atoms with van der Waals surface area (Å²) in [5.74, 6) is -0.556. The second kappa shape index (κ2) is 5.07. The molecule has 110 valence electrons. The lowest BCUT2D eigenvalue weighted by atomic mass is 10.1. The Morgan fingerprint density at radius 2 is 2.13 bits per heavy atom. The number of aromatic nitrogens is 4. The van der Waals surface area contributed by atoms with Gasteiger partial charge in [-0.3, -0.25) is 0 Å². The SMILES string of the molecule is N#Cc1ccc(-n2cc(-c3ccnc4[nH]ccc34)cn2)cc1F. The molecule has 6 heteroatoms. The number of benzene rings is 1. The van der Waals surface area contributed by atoms with Crippen LogP contribution in [0.1, 0.15) is 5.56 Å². The summed E-state index contributed by atoms with van der Waals surface area (Å²) < 4.78 is 15.3. The van der Waals surface area contributed by atoms with Crippen molar-refractivity contribution >= 4 is 11.0 Å². The van der Waals surface area contributed by atoms with Crippen LogP contribution in [-0.2, 0) is 0 Å². The van der Waals surface area contributed by atoms with Crippen molar-refractivity contribution in [1.29, 1.82) is 5.26 Å². The van der Waals surface area contributed by atoms with Crippen LogP contribution in [-0.4, -0.2) is 19.7 Å². The van der Waals surface area contributed by atoms with Gasteiger partial charge in [-0.05, 0) is 29.8 Å². The monoisotopic (exact) mass is 303 g/mol. The van der Waals surface area contributed by atoms with E-state index < -0.39 is 5.82 Å². The zero-order valence-electron chi connectivity index (χ0n) is 11.9. The minimum atomic E-state index is -0.556. The number of fused-ring (bicyclic) bond motifs is 1. The van der Waals surface area contributed by atoms with Crippen molar-refractivity contribution in [2.45, 2.75) is 0 Å². The van der Waals surface area contributed by atoms with E-state index in [1.807, 2.05) is 30.6 Å². The first-order chi connectivity index (χ1) is 11.3. The van der Waals surface area contributed by atoms with Gasteiger partial charge in [-0.25, -0.2) is 14.1 Å². The Morgan fingerprint density at radius 1 is 1.22 bits per heavy atom. The van der Waals surface area contributed by atoms with Crippen molar-refractivity contribution in [1.82, 2.24) is 19.7 Å². The van der Waals surface area contributed by atoms with Gasteiger partial charge < -0.3 is 4.98 Å². The minimum absolute atomic E-state index is 0.0179. The Kier molecular flexibility index (Phi) is 2.91. The first-order valence-corrected chi connectivity index (χ1v) is 6.93. The van der Waals surface area contributed by atoms with Crippen molar-refractivity contribution in [2.24, 2.45) is 0 Å². The number of halogens is 1. The van der Waals surface area contributed by atoms with Gasteiger partial charge in [0.05, 0.1) is 17.4 Å². The summed E-state index contributed by atoms with van der Waals surface area (Å²) in [7, 11) is 0. The molecule has 3 heterocycles. The number of nitriles is 1. The molecule has 0 saturated heterocycles. The summed E-state index contributed by atoms with van der Waals surface area (Å²) in [5, 5.41) is 14.1. The van der Waals surface area contributed by atoms with Gasteiger partial charge in [0.1, 0.15) is 17.5 Å². The fraction of sp³-hybridized carbons (Fsp3) is 0.